The Kier molecular flexibility index (Phi) is 3.85. The average molecular weight is 263 g/mol. The highest BCUT2D eigenvalue weighted by Gasteiger charge is 2.50. The number of carbonyl (C=O) groups excluding carboxylic acids is 1. The van der Waals surface area contributed by atoms with Gasteiger partial charge in [0, 0.05) is 19.2 Å². The van der Waals surface area contributed by atoms with Crippen LogP contribution in [0.4, 0.5) is 0 Å². The molecule has 0 aliphatic heterocycles. The number of nitrogens with one attached hydrogen (secondary N) is 1. The molecular weight excluding hydrogens is 246 g/mol. The van der Waals surface area contributed by atoms with Crippen molar-refractivity contribution in [3.63, 3.8) is 0 Å². The van der Waals surface area contributed by atoms with E-state index in [9.17, 15) is 9.59 Å². The molecule has 102 valence electrons. The van der Waals surface area contributed by atoms with Crippen molar-refractivity contribution in [2.24, 2.45) is 5.41 Å². The van der Waals surface area contributed by atoms with Crippen LogP contribution in [0.1, 0.15) is 28.8 Å². The van der Waals surface area contributed by atoms with Crippen molar-refractivity contribution in [1.29, 1.82) is 0 Å². The first-order valence-electron chi connectivity index (χ1n) is 6.17. The number of hydrogen-bond donors (Lipinski definition) is 2. The molecule has 0 atom stereocenters. The van der Waals surface area contributed by atoms with Gasteiger partial charge in [0.2, 0.25) is 0 Å². The molecule has 1 aliphatic carbocycles. The highest BCUT2D eigenvalue weighted by atomic mass is 16.5. The Morgan fingerprint density at radius 2 is 2.05 bits per heavy atom. The number of carboxylic acid groups (broad SMARTS) is 1. The Hall–Kier alpha value is -1.88. The van der Waals surface area contributed by atoms with Gasteiger partial charge in [-0.25, -0.2) is 0 Å². The van der Waals surface area contributed by atoms with Gasteiger partial charge in [-0.3, -0.25) is 9.59 Å². The molecule has 2 rings (SSSR count). The van der Waals surface area contributed by atoms with E-state index in [2.05, 4.69) is 5.32 Å². The van der Waals surface area contributed by atoms with Gasteiger partial charge in [-0.2, -0.15) is 0 Å². The van der Waals surface area contributed by atoms with Crippen molar-refractivity contribution in [2.45, 2.75) is 19.4 Å². The van der Waals surface area contributed by atoms with Crippen molar-refractivity contribution in [3.05, 3.63) is 35.4 Å². The summed E-state index contributed by atoms with van der Waals surface area (Å²) >= 11 is 0. The monoisotopic (exact) mass is 263 g/mol. The molecule has 0 spiro atoms. The second-order valence-corrected chi connectivity index (χ2v) is 4.86. The molecule has 0 aromatic heterocycles. The van der Waals surface area contributed by atoms with E-state index < -0.39 is 11.4 Å². The van der Waals surface area contributed by atoms with E-state index in [1.54, 1.807) is 19.2 Å². The highest BCUT2D eigenvalue weighted by molar-refractivity contribution is 5.96. The molecule has 5 heteroatoms. The van der Waals surface area contributed by atoms with E-state index >= 15 is 0 Å². The minimum absolute atomic E-state index is 0.183. The van der Waals surface area contributed by atoms with Gasteiger partial charge in [0.1, 0.15) is 0 Å². The van der Waals surface area contributed by atoms with Crippen LogP contribution in [-0.2, 0) is 16.1 Å². The third-order valence-corrected chi connectivity index (χ3v) is 3.46. The summed E-state index contributed by atoms with van der Waals surface area (Å²) in [5.74, 6) is -1.09. The quantitative estimate of drug-likeness (QED) is 0.814. The summed E-state index contributed by atoms with van der Waals surface area (Å²) in [6, 6.07) is 7.15. The lowest BCUT2D eigenvalue weighted by molar-refractivity contribution is -0.143. The molecule has 0 bridgehead atoms. The number of benzene rings is 1. The number of amides is 1. The Morgan fingerprint density at radius 1 is 1.37 bits per heavy atom. The normalized spacial score (nSPS) is 15.8. The standard InChI is InChI=1S/C14H17NO4/c1-19-8-10-4-2-3-5-11(10)12(16)15-9-14(6-7-14)13(17)18/h2-5H,6-9H2,1H3,(H,15,16)(H,17,18). The smallest absolute Gasteiger partial charge is 0.311 e. The minimum Gasteiger partial charge on any atom is -0.481 e. The molecule has 19 heavy (non-hydrogen) atoms. The Balaban J connectivity index is 2.02. The first-order valence-corrected chi connectivity index (χ1v) is 6.17. The first kappa shape index (κ1) is 13.5. The van der Waals surface area contributed by atoms with Crippen LogP contribution in [0.3, 0.4) is 0 Å². The third-order valence-electron chi connectivity index (χ3n) is 3.46. The summed E-state index contributed by atoms with van der Waals surface area (Å²) in [6.07, 6.45) is 1.25. The summed E-state index contributed by atoms with van der Waals surface area (Å²) < 4.78 is 5.04. The molecule has 5 nitrogen and oxygen atoms in total. The highest BCUT2D eigenvalue weighted by Crippen LogP contribution is 2.45. The maximum absolute atomic E-state index is 12.1. The number of carboxylic acids is 1. The number of carbonyl (C=O) groups is 2. The summed E-state index contributed by atoms with van der Waals surface area (Å²) in [7, 11) is 1.57. The largest absolute Gasteiger partial charge is 0.481 e. The molecule has 0 radical (unpaired) electrons. The molecule has 1 aromatic carbocycles. The fraction of sp³-hybridized carbons (Fsp3) is 0.429. The summed E-state index contributed by atoms with van der Waals surface area (Å²) in [6.45, 7) is 0.538. The van der Waals surface area contributed by atoms with Gasteiger partial charge in [-0.15, -0.1) is 0 Å². The van der Waals surface area contributed by atoms with Gasteiger partial charge in [0.25, 0.3) is 5.91 Å². The second-order valence-electron chi connectivity index (χ2n) is 4.86. The molecule has 0 unspecified atom stereocenters. The van der Waals surface area contributed by atoms with Gasteiger partial charge in [0.15, 0.2) is 0 Å². The molecule has 0 heterocycles. The van der Waals surface area contributed by atoms with Crippen molar-refractivity contribution in [2.75, 3.05) is 13.7 Å². The zero-order valence-corrected chi connectivity index (χ0v) is 10.8. The zero-order chi connectivity index (χ0) is 13.9. The van der Waals surface area contributed by atoms with E-state index in [0.29, 0.717) is 25.0 Å². The maximum Gasteiger partial charge on any atom is 0.311 e. The van der Waals surface area contributed by atoms with E-state index in [1.165, 1.54) is 0 Å². The van der Waals surface area contributed by atoms with Gasteiger partial charge in [-0.1, -0.05) is 18.2 Å². The number of aliphatic carboxylic acids is 1. The lowest BCUT2D eigenvalue weighted by atomic mass is 10.1. The molecular formula is C14H17NO4. The zero-order valence-electron chi connectivity index (χ0n) is 10.8. The maximum atomic E-state index is 12.1. The summed E-state index contributed by atoms with van der Waals surface area (Å²) in [5, 5.41) is 11.8. The third kappa shape index (κ3) is 2.93. The van der Waals surface area contributed by atoms with Crippen LogP contribution < -0.4 is 5.32 Å². The van der Waals surface area contributed by atoms with E-state index in [0.717, 1.165) is 5.56 Å². The van der Waals surface area contributed by atoms with E-state index in [-0.39, 0.29) is 12.5 Å². The number of hydrogen-bond acceptors (Lipinski definition) is 3. The SMILES string of the molecule is COCc1ccccc1C(=O)NCC1(C(=O)O)CC1. The number of ether oxygens (including phenoxy) is 1. The molecule has 1 saturated carbocycles. The molecule has 1 aliphatic rings. The Labute approximate surface area is 111 Å². The van der Waals surface area contributed by atoms with Crippen molar-refractivity contribution < 1.29 is 19.4 Å². The summed E-state index contributed by atoms with van der Waals surface area (Å²) in [4.78, 5) is 23.1. The Morgan fingerprint density at radius 3 is 2.63 bits per heavy atom. The number of methoxy groups -OCH3 is 1. The van der Waals surface area contributed by atoms with E-state index in [4.69, 9.17) is 9.84 Å². The summed E-state index contributed by atoms with van der Waals surface area (Å²) in [5.41, 5.74) is 0.583. The molecule has 1 amide bonds. The van der Waals surface area contributed by atoms with Gasteiger partial charge in [0.05, 0.1) is 12.0 Å². The molecule has 1 aromatic rings. The van der Waals surface area contributed by atoms with E-state index in [1.807, 2.05) is 12.1 Å². The van der Waals surface area contributed by atoms with Gasteiger partial charge >= 0.3 is 5.97 Å². The molecule has 2 N–H and O–H groups in total. The van der Waals surface area contributed by atoms with Crippen molar-refractivity contribution in [3.8, 4) is 0 Å². The van der Waals surface area contributed by atoms with Gasteiger partial charge < -0.3 is 15.2 Å². The fourth-order valence-corrected chi connectivity index (χ4v) is 1.99. The predicted molar refractivity (Wildman–Crippen MR) is 68.8 cm³/mol. The van der Waals surface area contributed by atoms with Crippen LogP contribution in [-0.4, -0.2) is 30.6 Å². The van der Waals surface area contributed by atoms with Crippen LogP contribution >= 0.6 is 0 Å². The van der Waals surface area contributed by atoms with Crippen molar-refractivity contribution in [1.82, 2.24) is 5.32 Å². The number of rotatable bonds is 6. The molecule has 0 saturated heterocycles. The topological polar surface area (TPSA) is 75.6 Å². The minimum atomic E-state index is -0.835. The van der Waals surface area contributed by atoms with Crippen LogP contribution in [0.2, 0.25) is 0 Å². The Bertz CT molecular complexity index is 494. The van der Waals surface area contributed by atoms with Crippen LogP contribution in [0.25, 0.3) is 0 Å². The van der Waals surface area contributed by atoms with Crippen LogP contribution in [0.15, 0.2) is 24.3 Å². The van der Waals surface area contributed by atoms with Gasteiger partial charge in [-0.05, 0) is 24.5 Å². The predicted octanol–water partition coefficient (Wildman–Crippen LogP) is 1.43. The second kappa shape index (κ2) is 5.40. The fourth-order valence-electron chi connectivity index (χ4n) is 1.99. The lowest BCUT2D eigenvalue weighted by Gasteiger charge is -2.13. The van der Waals surface area contributed by atoms with Crippen LogP contribution in [0.5, 0.6) is 0 Å². The average Bonchev–Trinajstić information content (AvgIpc) is 3.18. The first-order chi connectivity index (χ1) is 9.09. The van der Waals surface area contributed by atoms with Crippen LogP contribution in [0, 0.1) is 5.41 Å². The lowest BCUT2D eigenvalue weighted by Crippen LogP contribution is -2.34. The molecule has 1 fully saturated rings. The van der Waals surface area contributed by atoms with Crippen molar-refractivity contribution >= 4 is 11.9 Å².